The van der Waals surface area contributed by atoms with Crippen LogP contribution in [0.2, 0.25) is 0 Å². The van der Waals surface area contributed by atoms with Crippen LogP contribution in [-0.2, 0) is 31.2 Å². The molecule has 146 valence electrons. The van der Waals surface area contributed by atoms with Gasteiger partial charge in [0.25, 0.3) is 0 Å². The number of benzene rings is 2. The molecule has 3 rings (SSSR count). The lowest BCUT2D eigenvalue weighted by Crippen LogP contribution is -2.20. The molecule has 1 aliphatic rings. The van der Waals surface area contributed by atoms with Crippen molar-refractivity contribution in [2.75, 3.05) is 14.2 Å². The molecule has 0 heterocycles. The fraction of sp³-hybridized carbons (Fsp3) is 0.318. The Labute approximate surface area is 164 Å². The van der Waals surface area contributed by atoms with E-state index in [1.165, 1.54) is 19.8 Å². The van der Waals surface area contributed by atoms with Gasteiger partial charge in [0, 0.05) is 16.5 Å². The molecule has 6 nitrogen and oxygen atoms in total. The fourth-order valence-electron chi connectivity index (χ4n) is 3.29. The molecule has 0 atom stereocenters. The lowest BCUT2D eigenvalue weighted by Gasteiger charge is -2.15. The molecule has 2 aromatic carbocycles. The minimum Gasteiger partial charge on any atom is -0.464 e. The summed E-state index contributed by atoms with van der Waals surface area (Å²) in [5, 5.41) is 8.18. The summed E-state index contributed by atoms with van der Waals surface area (Å²) in [6.07, 6.45) is 2.14. The largest absolute Gasteiger partial charge is 0.464 e. The van der Waals surface area contributed by atoms with Crippen molar-refractivity contribution in [1.82, 2.24) is 0 Å². The maximum Gasteiger partial charge on any atom is 0.360 e. The van der Waals surface area contributed by atoms with Crippen molar-refractivity contribution in [3.8, 4) is 0 Å². The number of oxime groups is 2. The molecule has 0 N–H and O–H groups in total. The zero-order valence-corrected chi connectivity index (χ0v) is 16.3. The second-order valence-corrected chi connectivity index (χ2v) is 6.67. The van der Waals surface area contributed by atoms with Gasteiger partial charge in [-0.05, 0) is 25.3 Å². The molecule has 6 heteroatoms. The number of hydrogen-bond donors (Lipinski definition) is 0. The Kier molecular flexibility index (Phi) is 6.09. The lowest BCUT2D eigenvalue weighted by atomic mass is 9.92. The minimum atomic E-state index is -0.574. The number of esters is 1. The van der Waals surface area contributed by atoms with E-state index in [-0.39, 0.29) is 17.7 Å². The van der Waals surface area contributed by atoms with E-state index in [1.54, 1.807) is 6.07 Å². The molecule has 2 aromatic rings. The number of nitrogens with zero attached hydrogens (tertiary/aromatic N) is 2. The zero-order valence-electron chi connectivity index (χ0n) is 16.3. The van der Waals surface area contributed by atoms with Crippen LogP contribution in [-0.4, -0.2) is 31.6 Å². The SMILES string of the molecule is CO/N=C(/C(=O)OC)c1ccccc1CON=C(C)C1(c2ccccc2)CC1. The van der Waals surface area contributed by atoms with E-state index in [0.29, 0.717) is 5.56 Å². The molecule has 1 aliphatic carbocycles. The number of rotatable bonds is 8. The Bertz CT molecular complexity index is 886. The highest BCUT2D eigenvalue weighted by atomic mass is 16.6. The van der Waals surface area contributed by atoms with Crippen molar-refractivity contribution in [3.63, 3.8) is 0 Å². The number of ether oxygens (including phenoxy) is 1. The van der Waals surface area contributed by atoms with Gasteiger partial charge in [0.15, 0.2) is 5.71 Å². The van der Waals surface area contributed by atoms with Crippen LogP contribution in [0, 0.1) is 0 Å². The van der Waals surface area contributed by atoms with Gasteiger partial charge in [0.05, 0.1) is 12.8 Å². The maximum absolute atomic E-state index is 12.0. The van der Waals surface area contributed by atoms with Gasteiger partial charge in [0.2, 0.25) is 0 Å². The van der Waals surface area contributed by atoms with Crippen LogP contribution in [0.3, 0.4) is 0 Å². The van der Waals surface area contributed by atoms with Crippen LogP contribution in [0.1, 0.15) is 36.5 Å². The molecule has 1 fully saturated rings. The van der Waals surface area contributed by atoms with Gasteiger partial charge in [-0.3, -0.25) is 0 Å². The first-order valence-corrected chi connectivity index (χ1v) is 9.12. The van der Waals surface area contributed by atoms with E-state index in [4.69, 9.17) is 14.4 Å². The fourth-order valence-corrected chi connectivity index (χ4v) is 3.29. The van der Waals surface area contributed by atoms with Gasteiger partial charge in [-0.1, -0.05) is 64.9 Å². The van der Waals surface area contributed by atoms with E-state index in [1.807, 2.05) is 43.3 Å². The summed E-state index contributed by atoms with van der Waals surface area (Å²) in [5.41, 5.74) is 3.65. The molecule has 0 aromatic heterocycles. The van der Waals surface area contributed by atoms with Gasteiger partial charge in [-0.15, -0.1) is 0 Å². The summed E-state index contributed by atoms with van der Waals surface area (Å²) >= 11 is 0. The topological polar surface area (TPSA) is 69.5 Å². The first-order chi connectivity index (χ1) is 13.6. The molecule has 0 radical (unpaired) electrons. The lowest BCUT2D eigenvalue weighted by molar-refractivity contribution is -0.132. The summed E-state index contributed by atoms with van der Waals surface area (Å²) in [6, 6.07) is 17.7. The predicted octanol–water partition coefficient (Wildman–Crippen LogP) is 3.83. The Hall–Kier alpha value is -3.15. The number of carbonyl (C=O) groups is 1. The molecule has 0 amide bonds. The van der Waals surface area contributed by atoms with Crippen molar-refractivity contribution in [1.29, 1.82) is 0 Å². The van der Waals surface area contributed by atoms with E-state index in [9.17, 15) is 4.79 Å². The van der Waals surface area contributed by atoms with Crippen molar-refractivity contribution in [2.45, 2.75) is 31.8 Å². The number of hydrogen-bond acceptors (Lipinski definition) is 6. The van der Waals surface area contributed by atoms with E-state index in [0.717, 1.165) is 24.1 Å². The molecule has 0 saturated heterocycles. The highest BCUT2D eigenvalue weighted by Gasteiger charge is 2.47. The Morgan fingerprint density at radius 3 is 2.32 bits per heavy atom. The molecule has 1 saturated carbocycles. The zero-order chi connectivity index (χ0) is 20.0. The van der Waals surface area contributed by atoms with Crippen molar-refractivity contribution in [2.24, 2.45) is 10.3 Å². The summed E-state index contributed by atoms with van der Waals surface area (Å²) in [6.45, 7) is 2.20. The van der Waals surface area contributed by atoms with Gasteiger partial charge in [0.1, 0.15) is 13.7 Å². The van der Waals surface area contributed by atoms with Crippen LogP contribution < -0.4 is 0 Å². The van der Waals surface area contributed by atoms with Crippen LogP contribution in [0.25, 0.3) is 0 Å². The normalized spacial score (nSPS) is 15.7. The average Bonchev–Trinajstić information content (AvgIpc) is 3.55. The van der Waals surface area contributed by atoms with Gasteiger partial charge >= 0.3 is 5.97 Å². The Balaban J connectivity index is 1.76. The highest BCUT2D eigenvalue weighted by molar-refractivity contribution is 6.43. The maximum atomic E-state index is 12.0. The number of methoxy groups -OCH3 is 1. The Morgan fingerprint density at radius 2 is 1.68 bits per heavy atom. The second-order valence-electron chi connectivity index (χ2n) is 6.67. The van der Waals surface area contributed by atoms with Crippen molar-refractivity contribution in [3.05, 3.63) is 71.3 Å². The monoisotopic (exact) mass is 380 g/mol. The second kappa shape index (κ2) is 8.69. The Morgan fingerprint density at radius 1 is 1.00 bits per heavy atom. The molecule has 0 unspecified atom stereocenters. The summed E-state index contributed by atoms with van der Waals surface area (Å²) in [5.74, 6) is -0.574. The average molecular weight is 380 g/mol. The standard InChI is InChI=1S/C22H24N2O4/c1-16(22(13-14-22)18-10-5-4-6-11-18)23-28-15-17-9-7-8-12-19(17)20(24-27-3)21(25)26-2/h4-12H,13-15H2,1-3H3/b23-16?,24-20+. The van der Waals surface area contributed by atoms with E-state index in [2.05, 4.69) is 22.4 Å². The summed E-state index contributed by atoms with van der Waals surface area (Å²) in [4.78, 5) is 22.5. The molecule has 28 heavy (non-hydrogen) atoms. The van der Waals surface area contributed by atoms with Crippen LogP contribution >= 0.6 is 0 Å². The summed E-state index contributed by atoms with van der Waals surface area (Å²) < 4.78 is 4.80. The van der Waals surface area contributed by atoms with Gasteiger partial charge in [-0.25, -0.2) is 4.79 Å². The van der Waals surface area contributed by atoms with Crippen LogP contribution in [0.4, 0.5) is 0 Å². The van der Waals surface area contributed by atoms with Crippen molar-refractivity contribution < 1.29 is 19.2 Å². The molecule has 0 aliphatic heterocycles. The highest BCUT2D eigenvalue weighted by Crippen LogP contribution is 2.49. The third-order valence-electron chi connectivity index (χ3n) is 5.02. The predicted molar refractivity (Wildman–Crippen MR) is 107 cm³/mol. The quantitative estimate of drug-likeness (QED) is 0.396. The van der Waals surface area contributed by atoms with Gasteiger partial charge in [-0.2, -0.15) is 0 Å². The smallest absolute Gasteiger partial charge is 0.360 e. The molecule has 0 bridgehead atoms. The number of carbonyl (C=O) groups excluding carboxylic acids is 1. The third kappa shape index (κ3) is 4.06. The first kappa shape index (κ1) is 19.6. The van der Waals surface area contributed by atoms with Gasteiger partial charge < -0.3 is 14.4 Å². The molecular formula is C22H24N2O4. The molecular weight excluding hydrogens is 356 g/mol. The first-order valence-electron chi connectivity index (χ1n) is 9.12. The van der Waals surface area contributed by atoms with Crippen molar-refractivity contribution >= 4 is 17.4 Å². The minimum absolute atomic E-state index is 0.0184. The summed E-state index contributed by atoms with van der Waals surface area (Å²) in [7, 11) is 2.69. The van der Waals surface area contributed by atoms with E-state index >= 15 is 0 Å². The van der Waals surface area contributed by atoms with E-state index < -0.39 is 5.97 Å². The van der Waals surface area contributed by atoms with Crippen LogP contribution in [0.5, 0.6) is 0 Å². The molecule has 0 spiro atoms. The van der Waals surface area contributed by atoms with Crippen LogP contribution in [0.15, 0.2) is 64.9 Å². The third-order valence-corrected chi connectivity index (χ3v) is 5.02.